The van der Waals surface area contributed by atoms with Crippen molar-refractivity contribution >= 4 is 5.91 Å². The molecule has 90 valence electrons. The van der Waals surface area contributed by atoms with Crippen molar-refractivity contribution in [1.29, 1.82) is 0 Å². The third kappa shape index (κ3) is 7.33. The van der Waals surface area contributed by atoms with Gasteiger partial charge in [-0.05, 0) is 25.8 Å². The molecule has 0 fully saturated rings. The molecule has 0 aliphatic heterocycles. The molecule has 0 radical (unpaired) electrons. The minimum absolute atomic E-state index is 0.0685. The molecule has 0 aliphatic rings. The molecule has 0 unspecified atom stereocenters. The van der Waals surface area contributed by atoms with Gasteiger partial charge in [-0.25, -0.2) is 0 Å². The van der Waals surface area contributed by atoms with Crippen LogP contribution in [0.3, 0.4) is 0 Å². The van der Waals surface area contributed by atoms with Crippen LogP contribution >= 0.6 is 0 Å². The molecule has 4 heteroatoms. The van der Waals surface area contributed by atoms with Crippen molar-refractivity contribution in [2.45, 2.75) is 27.2 Å². The second kappa shape index (κ2) is 8.68. The second-order valence-electron chi connectivity index (χ2n) is 4.01. The second-order valence-corrected chi connectivity index (χ2v) is 4.01. The predicted octanol–water partition coefficient (Wildman–Crippen LogP) is 0.856. The van der Waals surface area contributed by atoms with E-state index in [1.54, 1.807) is 0 Å². The molecule has 0 aromatic heterocycles. The molecule has 0 aromatic rings. The molecule has 4 nitrogen and oxygen atoms in total. The Kier molecular flexibility index (Phi) is 8.33. The number of rotatable bonds is 8. The van der Waals surface area contributed by atoms with Crippen molar-refractivity contribution in [2.24, 2.45) is 11.7 Å². The van der Waals surface area contributed by atoms with Gasteiger partial charge in [-0.1, -0.05) is 13.8 Å². The summed E-state index contributed by atoms with van der Waals surface area (Å²) in [5.41, 5.74) is 5.44. The fourth-order valence-electron chi connectivity index (χ4n) is 1.32. The third-order valence-corrected chi connectivity index (χ3v) is 2.00. The van der Waals surface area contributed by atoms with Crippen molar-refractivity contribution in [3.8, 4) is 0 Å². The number of ether oxygens (including phenoxy) is 1. The first-order chi connectivity index (χ1) is 7.11. The van der Waals surface area contributed by atoms with E-state index in [1.807, 2.05) is 11.8 Å². The van der Waals surface area contributed by atoms with E-state index >= 15 is 0 Å². The number of amides is 1. The molecule has 0 rings (SSSR count). The molecule has 0 spiro atoms. The molecule has 15 heavy (non-hydrogen) atoms. The lowest BCUT2D eigenvalue weighted by Crippen LogP contribution is -2.38. The maximum absolute atomic E-state index is 11.7. The lowest BCUT2D eigenvalue weighted by molar-refractivity contribution is -0.136. The Morgan fingerprint density at radius 3 is 2.60 bits per heavy atom. The summed E-state index contributed by atoms with van der Waals surface area (Å²) in [6.45, 7) is 9.00. The molecular formula is C11H24N2O2. The van der Waals surface area contributed by atoms with Gasteiger partial charge in [-0.3, -0.25) is 4.79 Å². The van der Waals surface area contributed by atoms with E-state index in [9.17, 15) is 4.79 Å². The van der Waals surface area contributed by atoms with E-state index in [-0.39, 0.29) is 12.5 Å². The SMILES string of the molecule is CCOCC(=O)N(CCCN)CC(C)C. The minimum atomic E-state index is 0.0685. The predicted molar refractivity (Wildman–Crippen MR) is 61.6 cm³/mol. The summed E-state index contributed by atoms with van der Waals surface area (Å²) in [4.78, 5) is 13.5. The van der Waals surface area contributed by atoms with Gasteiger partial charge in [0, 0.05) is 19.7 Å². The van der Waals surface area contributed by atoms with Crippen molar-refractivity contribution < 1.29 is 9.53 Å². The maximum atomic E-state index is 11.7. The minimum Gasteiger partial charge on any atom is -0.372 e. The largest absolute Gasteiger partial charge is 0.372 e. The summed E-state index contributed by atoms with van der Waals surface area (Å²) in [5, 5.41) is 0. The Morgan fingerprint density at radius 1 is 1.47 bits per heavy atom. The summed E-state index contributed by atoms with van der Waals surface area (Å²) in [7, 11) is 0. The molecule has 0 saturated carbocycles. The zero-order valence-corrected chi connectivity index (χ0v) is 10.2. The highest BCUT2D eigenvalue weighted by Gasteiger charge is 2.13. The zero-order valence-electron chi connectivity index (χ0n) is 10.2. The highest BCUT2D eigenvalue weighted by atomic mass is 16.5. The lowest BCUT2D eigenvalue weighted by atomic mass is 10.2. The average Bonchev–Trinajstić information content (AvgIpc) is 2.20. The fourth-order valence-corrected chi connectivity index (χ4v) is 1.32. The number of nitrogens with two attached hydrogens (primary N) is 1. The van der Waals surface area contributed by atoms with Gasteiger partial charge in [-0.15, -0.1) is 0 Å². The van der Waals surface area contributed by atoms with Crippen LogP contribution in [0.5, 0.6) is 0 Å². The summed E-state index contributed by atoms with van der Waals surface area (Å²) in [6.07, 6.45) is 0.852. The van der Waals surface area contributed by atoms with E-state index in [2.05, 4.69) is 13.8 Å². The Labute approximate surface area is 92.8 Å². The average molecular weight is 216 g/mol. The van der Waals surface area contributed by atoms with Crippen LogP contribution in [0.15, 0.2) is 0 Å². The van der Waals surface area contributed by atoms with Gasteiger partial charge in [0.2, 0.25) is 5.91 Å². The summed E-state index contributed by atoms with van der Waals surface area (Å²) < 4.78 is 5.12. The maximum Gasteiger partial charge on any atom is 0.248 e. The van der Waals surface area contributed by atoms with Crippen molar-refractivity contribution in [2.75, 3.05) is 32.8 Å². The number of carbonyl (C=O) groups is 1. The molecule has 0 heterocycles. The van der Waals surface area contributed by atoms with Crippen LogP contribution in [0.2, 0.25) is 0 Å². The highest BCUT2D eigenvalue weighted by Crippen LogP contribution is 2.01. The third-order valence-electron chi connectivity index (χ3n) is 2.00. The first-order valence-corrected chi connectivity index (χ1v) is 5.67. The van der Waals surface area contributed by atoms with Crippen LogP contribution in [0.4, 0.5) is 0 Å². The van der Waals surface area contributed by atoms with Crippen LogP contribution in [-0.2, 0) is 9.53 Å². The van der Waals surface area contributed by atoms with Gasteiger partial charge in [0.25, 0.3) is 0 Å². The molecule has 0 saturated heterocycles. The van der Waals surface area contributed by atoms with Gasteiger partial charge in [0.1, 0.15) is 6.61 Å². The summed E-state index contributed by atoms with van der Waals surface area (Å²) in [6, 6.07) is 0. The van der Waals surface area contributed by atoms with Crippen LogP contribution in [0.25, 0.3) is 0 Å². The molecular weight excluding hydrogens is 192 g/mol. The van der Waals surface area contributed by atoms with E-state index in [4.69, 9.17) is 10.5 Å². The smallest absolute Gasteiger partial charge is 0.248 e. The van der Waals surface area contributed by atoms with Crippen LogP contribution < -0.4 is 5.73 Å². The first kappa shape index (κ1) is 14.4. The van der Waals surface area contributed by atoms with Crippen molar-refractivity contribution in [1.82, 2.24) is 4.90 Å². The Bertz CT molecular complexity index is 172. The molecule has 0 aliphatic carbocycles. The van der Waals surface area contributed by atoms with Crippen molar-refractivity contribution in [3.05, 3.63) is 0 Å². The van der Waals surface area contributed by atoms with Gasteiger partial charge in [-0.2, -0.15) is 0 Å². The van der Waals surface area contributed by atoms with Crippen molar-refractivity contribution in [3.63, 3.8) is 0 Å². The number of hydrogen-bond acceptors (Lipinski definition) is 3. The molecule has 2 N–H and O–H groups in total. The topological polar surface area (TPSA) is 55.6 Å². The van der Waals surface area contributed by atoms with Gasteiger partial charge >= 0.3 is 0 Å². The number of nitrogens with zero attached hydrogens (tertiary/aromatic N) is 1. The van der Waals surface area contributed by atoms with E-state index in [0.29, 0.717) is 19.1 Å². The van der Waals surface area contributed by atoms with Crippen LogP contribution in [-0.4, -0.2) is 43.7 Å². The number of carbonyl (C=O) groups excluding carboxylic acids is 1. The molecule has 0 bridgehead atoms. The Hall–Kier alpha value is -0.610. The standard InChI is InChI=1S/C11H24N2O2/c1-4-15-9-11(14)13(7-5-6-12)8-10(2)3/h10H,4-9,12H2,1-3H3. The highest BCUT2D eigenvalue weighted by molar-refractivity contribution is 5.77. The molecule has 0 atom stereocenters. The monoisotopic (exact) mass is 216 g/mol. The van der Waals surface area contributed by atoms with Crippen LogP contribution in [0, 0.1) is 5.92 Å². The van der Waals surface area contributed by atoms with Crippen LogP contribution in [0.1, 0.15) is 27.2 Å². The first-order valence-electron chi connectivity index (χ1n) is 5.67. The lowest BCUT2D eigenvalue weighted by Gasteiger charge is -2.24. The van der Waals surface area contributed by atoms with Gasteiger partial charge < -0.3 is 15.4 Å². The molecule has 0 aromatic carbocycles. The van der Waals surface area contributed by atoms with E-state index in [1.165, 1.54) is 0 Å². The van der Waals surface area contributed by atoms with E-state index in [0.717, 1.165) is 19.5 Å². The summed E-state index contributed by atoms with van der Waals surface area (Å²) >= 11 is 0. The number of hydrogen-bond donors (Lipinski definition) is 1. The Morgan fingerprint density at radius 2 is 2.13 bits per heavy atom. The Balaban J connectivity index is 4.02. The summed E-state index contributed by atoms with van der Waals surface area (Å²) in [5.74, 6) is 0.548. The normalized spacial score (nSPS) is 10.7. The quantitative estimate of drug-likeness (QED) is 0.654. The fraction of sp³-hybridized carbons (Fsp3) is 0.909. The zero-order chi connectivity index (χ0) is 11.7. The molecule has 1 amide bonds. The van der Waals surface area contributed by atoms with E-state index < -0.39 is 0 Å². The van der Waals surface area contributed by atoms with Gasteiger partial charge in [0.15, 0.2) is 0 Å². The van der Waals surface area contributed by atoms with Gasteiger partial charge in [0.05, 0.1) is 0 Å².